The van der Waals surface area contributed by atoms with Gasteiger partial charge in [0.15, 0.2) is 35.5 Å². The lowest BCUT2D eigenvalue weighted by Crippen LogP contribution is -2.81. The number of carbonyl (C=O) groups is 11. The Morgan fingerprint density at radius 2 is 0.925 bits per heavy atom. The van der Waals surface area contributed by atoms with Crippen molar-refractivity contribution in [2.75, 3.05) is 19.8 Å². The number of esters is 6. The first-order valence-electron chi connectivity index (χ1n) is 40.3. The van der Waals surface area contributed by atoms with Gasteiger partial charge in [-0.15, -0.1) is 0 Å². The Hall–Kier alpha value is -10.2. The highest BCUT2D eigenvalue weighted by molar-refractivity contribution is 5.97. The molecule has 5 aromatic carbocycles. The molecule has 2 amide bonds. The van der Waals surface area contributed by atoms with Crippen LogP contribution in [0.4, 0.5) is 4.79 Å². The number of rotatable bonds is 21. The predicted molar refractivity (Wildman–Crippen MR) is 424 cm³/mol. The van der Waals surface area contributed by atoms with E-state index in [9.17, 15) is 83.7 Å². The molecule has 4 bridgehead atoms. The van der Waals surface area contributed by atoms with Crippen molar-refractivity contribution in [3.05, 3.63) is 202 Å². The fourth-order valence-corrected chi connectivity index (χ4v) is 20.3. The molecule has 4 saturated carbocycles. The topological polar surface area (TPSA) is 437 Å². The molecule has 2 aliphatic heterocycles. The van der Waals surface area contributed by atoms with Crippen molar-refractivity contribution in [3.8, 4) is 0 Å². The van der Waals surface area contributed by atoms with Crippen LogP contribution >= 0.6 is 0 Å². The molecule has 9 N–H and O–H groups in total. The van der Waals surface area contributed by atoms with Crippen molar-refractivity contribution in [1.82, 2.24) is 10.6 Å². The third-order valence-corrected chi connectivity index (χ3v) is 26.7. The molecule has 120 heavy (non-hydrogen) atoms. The van der Waals surface area contributed by atoms with Gasteiger partial charge in [0.2, 0.25) is 0 Å². The van der Waals surface area contributed by atoms with Gasteiger partial charge in [0.05, 0.1) is 78.1 Å². The number of aliphatic hydroxyl groups excluding tert-OH is 5. The lowest BCUT2D eigenvalue weighted by atomic mass is 9.41. The number of Topliss-reactive ketones (excluding diaryl/α,β-unsaturated/α-hetero) is 3. The summed E-state index contributed by atoms with van der Waals surface area (Å²) in [6, 6.07) is 37.9. The van der Waals surface area contributed by atoms with E-state index in [1.165, 1.54) is 52.0 Å². The van der Waals surface area contributed by atoms with E-state index in [0.29, 0.717) is 11.1 Å². The standard InChI is InChI=1S/C48H53NO13.C43H53NO14/c1-26(50)23-47-25-59-34(47)22-33(52)46(6)39(47)41(62-43(56)31-20-14-9-15-21-31)48(58)24-32(27(2)35(45(48,4)5)38(40(46)54)60-28(3)51)61-44(57)37(53)36(29-16-10-7-11-17-29)49-42(55)30-18-12-8-13-19-30;1-22(2)20-54-39(52)44-31(25-14-10-8-11-15-25)33(48)38(51)56-27-19-43(53)36(57-37(50)26-16-12-9-13-17-26)34-41(7,35(49)32(47)30(23(27)3)40(43,5)6)28(46)18-29-42(34,21-55-29)58-24(4)45/h7-21,32-34,36-39,41,52-53,58H,22-25H2,1-6H3,(H,49,55);8-17,22,27-29,31-34,36,46-48,53H,18-21H2,1-7H3,(H,44,52)/t32-,33-,34+,36-,37+,38+,39-,41-,46+,47+,48+;27-,28-,29+,31-,32+,33+,34-,36-,41+,42-,43+/m00/s1. The summed E-state index contributed by atoms with van der Waals surface area (Å²) < 4.78 is 53.9. The maximum absolute atomic E-state index is 15.5. The van der Waals surface area contributed by atoms with Crippen LogP contribution in [0.25, 0.3) is 0 Å². The van der Waals surface area contributed by atoms with Gasteiger partial charge >= 0.3 is 41.9 Å². The molecule has 642 valence electrons. The number of ketones is 3. The van der Waals surface area contributed by atoms with Gasteiger partial charge in [-0.3, -0.25) is 24.0 Å². The van der Waals surface area contributed by atoms with E-state index in [4.69, 9.17) is 42.6 Å². The third kappa shape index (κ3) is 15.6. The lowest BCUT2D eigenvalue weighted by molar-refractivity contribution is -0.346. The van der Waals surface area contributed by atoms with E-state index >= 15 is 4.79 Å². The Bertz CT molecular complexity index is 4830. The van der Waals surface area contributed by atoms with Crippen molar-refractivity contribution < 1.29 is 131 Å². The summed E-state index contributed by atoms with van der Waals surface area (Å²) in [4.78, 5) is 153. The Morgan fingerprint density at radius 1 is 0.508 bits per heavy atom. The van der Waals surface area contributed by atoms with Gasteiger partial charge in [-0.25, -0.2) is 24.0 Å². The number of hydrogen-bond acceptors (Lipinski definition) is 27. The first-order chi connectivity index (χ1) is 56.5. The molecular formula is C91H106N2O27. The number of carbonyl (C=O) groups excluding carboxylic acids is 11. The fourth-order valence-electron chi connectivity index (χ4n) is 20.3. The van der Waals surface area contributed by atoms with Crippen LogP contribution < -0.4 is 10.6 Å². The average Bonchev–Trinajstić information content (AvgIpc) is 0.673. The smallest absolute Gasteiger partial charge is 0.407 e. The van der Waals surface area contributed by atoms with Crippen LogP contribution in [0.1, 0.15) is 176 Å². The predicted octanol–water partition coefficient (Wildman–Crippen LogP) is 7.52. The van der Waals surface area contributed by atoms with Crippen LogP contribution in [0.5, 0.6) is 0 Å². The second-order valence-electron chi connectivity index (χ2n) is 35.0. The van der Waals surface area contributed by atoms with Crippen molar-refractivity contribution in [1.29, 1.82) is 0 Å². The van der Waals surface area contributed by atoms with Crippen LogP contribution in [-0.2, 0) is 76.2 Å². The number of amides is 2. The Balaban J connectivity index is 0.000000221. The van der Waals surface area contributed by atoms with Gasteiger partial charge < -0.3 is 93.8 Å². The minimum atomic E-state index is -2.35. The van der Waals surface area contributed by atoms with Crippen LogP contribution in [0, 0.1) is 44.8 Å². The van der Waals surface area contributed by atoms with Crippen molar-refractivity contribution >= 4 is 65.2 Å². The SMILES string of the molecule is CC(=O)C[C@@]12CO[C@@H]1C[C@H](O)[C@@]1(C)C(=O)[C@H](OC(C)=O)C3=C(C)[C@@H](OC(=O)[C@H](O)[C@@H](NC(=O)c4ccccc4)c4ccccc4)C[C@@](O)([C@@H](OC(=O)c4ccccc4)[C@H]21)C3(C)C.CC(=O)O[C@@]12CO[C@@H]1C[C@H](O)[C@@]1(C)C(=O)[C@H](O)C3=C(C)[C@@H](OC(=O)[C@H](O)[C@@H](NC(=O)OCC(C)C)c4ccccc4)C[C@@](O)([C@@H](OC(=O)c4ccccc4)[C@H]21)C3(C)C. The Labute approximate surface area is 694 Å². The summed E-state index contributed by atoms with van der Waals surface area (Å²) in [5.41, 5.74) is -13.3. The Kier molecular flexibility index (Phi) is 25.2. The summed E-state index contributed by atoms with van der Waals surface area (Å²) in [6.45, 7) is 19.2. The summed E-state index contributed by atoms with van der Waals surface area (Å²) in [5.74, 6) is -11.3. The van der Waals surface area contributed by atoms with Crippen LogP contribution in [0.3, 0.4) is 0 Å². The van der Waals surface area contributed by atoms with E-state index in [1.807, 2.05) is 13.8 Å². The maximum atomic E-state index is 15.5. The second kappa shape index (κ2) is 34.0. The van der Waals surface area contributed by atoms with E-state index in [-0.39, 0.29) is 89.8 Å². The van der Waals surface area contributed by atoms with Gasteiger partial charge in [0.25, 0.3) is 5.91 Å². The molecule has 29 heteroatoms. The third-order valence-electron chi connectivity index (χ3n) is 26.7. The highest BCUT2D eigenvalue weighted by Crippen LogP contribution is 2.69. The zero-order valence-electron chi connectivity index (χ0n) is 69.2. The molecule has 5 aromatic rings. The van der Waals surface area contributed by atoms with Gasteiger partial charge in [-0.1, -0.05) is 157 Å². The van der Waals surface area contributed by atoms with Crippen LogP contribution in [-0.4, -0.2) is 211 Å². The minimum Gasteiger partial charge on any atom is -0.456 e. The van der Waals surface area contributed by atoms with E-state index in [1.54, 1.807) is 162 Å². The second-order valence-corrected chi connectivity index (χ2v) is 35.0. The summed E-state index contributed by atoms with van der Waals surface area (Å²) in [7, 11) is 0. The number of nitrogens with one attached hydrogen (secondary N) is 2. The van der Waals surface area contributed by atoms with E-state index < -0.39 is 213 Å². The zero-order chi connectivity index (χ0) is 87.5. The average molecular weight is 1660 g/mol. The fraction of sp³-hybridized carbons (Fsp3) is 0.505. The van der Waals surface area contributed by atoms with Gasteiger partial charge in [-0.2, -0.15) is 0 Å². The van der Waals surface area contributed by atoms with Crippen molar-refractivity contribution in [2.24, 2.45) is 44.8 Å². The largest absolute Gasteiger partial charge is 0.456 e. The molecule has 0 aromatic heterocycles. The number of alkyl carbamates (subject to hydrolysis) is 1. The molecule has 8 aliphatic rings. The van der Waals surface area contributed by atoms with Crippen molar-refractivity contribution in [2.45, 2.75) is 224 Å². The maximum Gasteiger partial charge on any atom is 0.407 e. The normalized spacial score (nSPS) is 32.7. The molecule has 0 radical (unpaired) electrons. The molecule has 13 rings (SSSR count). The molecule has 0 spiro atoms. The number of aliphatic hydroxyl groups is 7. The van der Waals surface area contributed by atoms with Gasteiger partial charge in [-0.05, 0) is 110 Å². The molecule has 2 saturated heterocycles. The first kappa shape index (κ1) is 89.1. The molecule has 29 nitrogen and oxygen atoms in total. The van der Waals surface area contributed by atoms with Crippen molar-refractivity contribution in [3.63, 3.8) is 0 Å². The quantitative estimate of drug-likeness (QED) is 0.0195. The number of benzene rings is 5. The minimum absolute atomic E-state index is 0.000264. The monoisotopic (exact) mass is 1660 g/mol. The molecule has 6 fully saturated rings. The summed E-state index contributed by atoms with van der Waals surface area (Å²) >= 11 is 0. The summed E-state index contributed by atoms with van der Waals surface area (Å²) in [6.07, 6.45) is -21.4. The molecule has 6 aliphatic carbocycles. The number of ether oxygens (including phenoxy) is 9. The van der Waals surface area contributed by atoms with Gasteiger partial charge in [0, 0.05) is 73.7 Å². The summed E-state index contributed by atoms with van der Waals surface area (Å²) in [5, 5.41) is 91.9. The van der Waals surface area contributed by atoms with E-state index in [0.717, 1.165) is 13.8 Å². The lowest BCUT2D eigenvalue weighted by Gasteiger charge is -2.68. The van der Waals surface area contributed by atoms with Crippen LogP contribution in [0.15, 0.2) is 174 Å². The van der Waals surface area contributed by atoms with Crippen LogP contribution in [0.2, 0.25) is 0 Å². The van der Waals surface area contributed by atoms with Gasteiger partial charge in [0.1, 0.15) is 53.6 Å². The highest BCUT2D eigenvalue weighted by atomic mass is 16.6. The van der Waals surface area contributed by atoms with E-state index in [2.05, 4.69) is 10.6 Å². The number of fused-ring (bicyclic) bond motifs is 10. The molecule has 22 atom stereocenters. The number of hydrogen-bond donors (Lipinski definition) is 9. The molecule has 2 heterocycles. The molecular weight excluding hydrogens is 1550 g/mol. The molecule has 0 unspecified atom stereocenters. The first-order valence-corrected chi connectivity index (χ1v) is 40.3. The Morgan fingerprint density at radius 3 is 1.35 bits per heavy atom. The highest BCUT2D eigenvalue weighted by Gasteiger charge is 2.80. The zero-order valence-corrected chi connectivity index (χ0v) is 69.2.